The van der Waals surface area contributed by atoms with Crippen LogP contribution < -0.4 is 10.2 Å². The molecule has 1 aromatic rings. The molecule has 1 aliphatic carbocycles. The van der Waals surface area contributed by atoms with Crippen LogP contribution in [0.5, 0.6) is 0 Å². The first-order chi connectivity index (χ1) is 11.7. The molecule has 1 saturated heterocycles. The van der Waals surface area contributed by atoms with E-state index in [9.17, 15) is 4.79 Å². The number of nitrogens with zero attached hydrogens (tertiary/aromatic N) is 2. The third-order valence-corrected chi connectivity index (χ3v) is 5.12. The highest BCUT2D eigenvalue weighted by atomic mass is 16.1. The number of hydrogen-bond acceptors (Lipinski definition) is 3. The van der Waals surface area contributed by atoms with Crippen LogP contribution in [0, 0.1) is 5.92 Å². The lowest BCUT2D eigenvalue weighted by molar-refractivity contribution is 0.0953. The second kappa shape index (κ2) is 8.32. The zero-order chi connectivity index (χ0) is 16.8. The first-order valence-corrected chi connectivity index (χ1v) is 9.38. The first kappa shape index (κ1) is 17.0. The third-order valence-electron chi connectivity index (χ3n) is 5.12. The summed E-state index contributed by atoms with van der Waals surface area (Å²) >= 11 is 0. The molecule has 1 atom stereocenters. The van der Waals surface area contributed by atoms with Crippen molar-refractivity contribution in [2.75, 3.05) is 24.5 Å². The molecule has 2 aliphatic rings. The van der Waals surface area contributed by atoms with Gasteiger partial charge >= 0.3 is 0 Å². The van der Waals surface area contributed by atoms with Crippen LogP contribution in [0.4, 0.5) is 5.69 Å². The number of carbonyl (C=O) groups excluding carboxylic acids is 1. The van der Waals surface area contributed by atoms with Gasteiger partial charge in [0.1, 0.15) is 0 Å². The smallest absolute Gasteiger partial charge is 0.252 e. The summed E-state index contributed by atoms with van der Waals surface area (Å²) in [7, 11) is 0. The van der Waals surface area contributed by atoms with Gasteiger partial charge in [-0.05, 0) is 56.9 Å². The number of allylic oxidation sites excluding steroid dienone is 1. The van der Waals surface area contributed by atoms with Crippen LogP contribution in [-0.2, 0) is 0 Å². The lowest BCUT2D eigenvalue weighted by atomic mass is 9.97. The van der Waals surface area contributed by atoms with E-state index >= 15 is 0 Å². The Morgan fingerprint density at radius 1 is 1.33 bits per heavy atom. The molecule has 1 aliphatic heterocycles. The molecule has 4 heteroatoms. The molecule has 4 nitrogen and oxygen atoms in total. The van der Waals surface area contributed by atoms with Crippen LogP contribution in [0.25, 0.3) is 0 Å². The highest BCUT2D eigenvalue weighted by Gasteiger charge is 2.18. The number of carbonyl (C=O) groups is 1. The Morgan fingerprint density at radius 3 is 3.04 bits per heavy atom. The van der Waals surface area contributed by atoms with Gasteiger partial charge < -0.3 is 10.2 Å². The number of nitrogens with one attached hydrogen (secondary N) is 1. The van der Waals surface area contributed by atoms with Gasteiger partial charge in [0.25, 0.3) is 5.91 Å². The first-order valence-electron chi connectivity index (χ1n) is 9.38. The van der Waals surface area contributed by atoms with E-state index in [1.807, 2.05) is 12.3 Å². The van der Waals surface area contributed by atoms with Crippen molar-refractivity contribution < 1.29 is 4.79 Å². The molecular weight excluding hydrogens is 298 g/mol. The van der Waals surface area contributed by atoms with E-state index in [1.165, 1.54) is 44.1 Å². The summed E-state index contributed by atoms with van der Waals surface area (Å²) in [6.07, 6.45) is 14.4. The molecule has 130 valence electrons. The average Bonchev–Trinajstić information content (AvgIpc) is 2.63. The zero-order valence-electron chi connectivity index (χ0n) is 14.8. The molecule has 1 aromatic heterocycles. The van der Waals surface area contributed by atoms with Crippen molar-refractivity contribution in [2.24, 2.45) is 5.92 Å². The Balaban J connectivity index is 1.54. The maximum Gasteiger partial charge on any atom is 0.252 e. The van der Waals surface area contributed by atoms with E-state index in [2.05, 4.69) is 28.2 Å². The van der Waals surface area contributed by atoms with Crippen LogP contribution in [0.1, 0.15) is 62.2 Å². The quantitative estimate of drug-likeness (QED) is 0.833. The van der Waals surface area contributed by atoms with Gasteiger partial charge in [-0.3, -0.25) is 9.78 Å². The van der Waals surface area contributed by atoms with Gasteiger partial charge in [0, 0.05) is 25.8 Å². The number of piperidine rings is 1. The largest absolute Gasteiger partial charge is 0.370 e. The molecule has 1 amide bonds. The predicted molar refractivity (Wildman–Crippen MR) is 98.3 cm³/mol. The molecule has 0 bridgehead atoms. The van der Waals surface area contributed by atoms with Crippen molar-refractivity contribution in [3.63, 3.8) is 0 Å². The topological polar surface area (TPSA) is 45.2 Å². The van der Waals surface area contributed by atoms with E-state index in [0.29, 0.717) is 11.5 Å². The molecule has 1 N–H and O–H groups in total. The van der Waals surface area contributed by atoms with Crippen molar-refractivity contribution in [1.29, 1.82) is 0 Å². The van der Waals surface area contributed by atoms with Gasteiger partial charge in [-0.1, -0.05) is 18.6 Å². The van der Waals surface area contributed by atoms with Gasteiger partial charge in [0.05, 0.1) is 17.4 Å². The summed E-state index contributed by atoms with van der Waals surface area (Å²) < 4.78 is 0. The van der Waals surface area contributed by atoms with Gasteiger partial charge in [-0.15, -0.1) is 0 Å². The average molecular weight is 327 g/mol. The van der Waals surface area contributed by atoms with Crippen LogP contribution in [0.3, 0.4) is 0 Å². The monoisotopic (exact) mass is 327 g/mol. The molecule has 0 aromatic carbocycles. The van der Waals surface area contributed by atoms with E-state index in [1.54, 1.807) is 6.20 Å². The van der Waals surface area contributed by atoms with E-state index in [-0.39, 0.29) is 5.91 Å². The zero-order valence-corrected chi connectivity index (χ0v) is 14.8. The standard InChI is InChI=1S/C20H29N3O/c1-16-6-5-11-23(15-16)19-12-18(13-21-14-19)20(24)22-10-9-17-7-3-2-4-8-17/h7,12-14,16H,2-6,8-11,15H2,1H3,(H,22,24). The molecular formula is C20H29N3O. The number of anilines is 1. The Kier molecular flexibility index (Phi) is 5.89. The number of pyridine rings is 1. The minimum absolute atomic E-state index is 0.00850. The second-order valence-corrected chi connectivity index (χ2v) is 7.24. The maximum absolute atomic E-state index is 12.4. The summed E-state index contributed by atoms with van der Waals surface area (Å²) in [5.41, 5.74) is 3.24. The molecule has 1 unspecified atom stereocenters. The van der Waals surface area contributed by atoms with Crippen molar-refractivity contribution >= 4 is 11.6 Å². The Hall–Kier alpha value is -1.84. The van der Waals surface area contributed by atoms with Crippen molar-refractivity contribution in [3.05, 3.63) is 35.7 Å². The van der Waals surface area contributed by atoms with Gasteiger partial charge in [-0.2, -0.15) is 0 Å². The fraction of sp³-hybridized carbons (Fsp3) is 0.600. The lowest BCUT2D eigenvalue weighted by Gasteiger charge is -2.32. The molecule has 3 rings (SSSR count). The lowest BCUT2D eigenvalue weighted by Crippen LogP contribution is -2.34. The Labute approximate surface area is 145 Å². The van der Waals surface area contributed by atoms with E-state index < -0.39 is 0 Å². The van der Waals surface area contributed by atoms with Gasteiger partial charge in [0.2, 0.25) is 0 Å². The van der Waals surface area contributed by atoms with Crippen molar-refractivity contribution in [1.82, 2.24) is 10.3 Å². The minimum Gasteiger partial charge on any atom is -0.370 e. The predicted octanol–water partition coefficient (Wildman–Crippen LogP) is 3.94. The summed E-state index contributed by atoms with van der Waals surface area (Å²) in [4.78, 5) is 19.0. The fourth-order valence-electron chi connectivity index (χ4n) is 3.72. The molecule has 2 heterocycles. The number of hydrogen-bond donors (Lipinski definition) is 1. The normalized spacial score (nSPS) is 21.3. The van der Waals surface area contributed by atoms with Crippen LogP contribution in [0.2, 0.25) is 0 Å². The second-order valence-electron chi connectivity index (χ2n) is 7.24. The summed E-state index contributed by atoms with van der Waals surface area (Å²) in [5.74, 6) is 0.700. The van der Waals surface area contributed by atoms with Crippen molar-refractivity contribution in [2.45, 2.75) is 51.9 Å². The van der Waals surface area contributed by atoms with Gasteiger partial charge in [0.15, 0.2) is 0 Å². The van der Waals surface area contributed by atoms with Gasteiger partial charge in [-0.25, -0.2) is 0 Å². The number of amides is 1. The SMILES string of the molecule is CC1CCCN(c2cncc(C(=O)NCCC3=CCCCC3)c2)C1. The van der Waals surface area contributed by atoms with Crippen LogP contribution >= 0.6 is 0 Å². The molecule has 0 radical (unpaired) electrons. The minimum atomic E-state index is -0.00850. The van der Waals surface area contributed by atoms with E-state index in [4.69, 9.17) is 0 Å². The van der Waals surface area contributed by atoms with Crippen molar-refractivity contribution in [3.8, 4) is 0 Å². The fourth-order valence-corrected chi connectivity index (χ4v) is 3.72. The van der Waals surface area contributed by atoms with Crippen LogP contribution in [0.15, 0.2) is 30.1 Å². The molecule has 24 heavy (non-hydrogen) atoms. The Bertz CT molecular complexity index is 596. The van der Waals surface area contributed by atoms with Crippen LogP contribution in [-0.4, -0.2) is 30.5 Å². The number of aromatic nitrogens is 1. The van der Waals surface area contributed by atoms with E-state index in [0.717, 1.165) is 31.7 Å². The highest BCUT2D eigenvalue weighted by molar-refractivity contribution is 5.94. The summed E-state index contributed by atoms with van der Waals surface area (Å²) in [6, 6.07) is 1.99. The molecule has 0 spiro atoms. The summed E-state index contributed by atoms with van der Waals surface area (Å²) in [5, 5.41) is 3.05. The molecule has 0 saturated carbocycles. The number of rotatable bonds is 5. The highest BCUT2D eigenvalue weighted by Crippen LogP contribution is 2.23. The molecule has 1 fully saturated rings. The Morgan fingerprint density at radius 2 is 2.25 bits per heavy atom. The maximum atomic E-state index is 12.4. The summed E-state index contributed by atoms with van der Waals surface area (Å²) in [6.45, 7) is 5.12. The third kappa shape index (κ3) is 4.59.